The molecule has 2 N–H and O–H groups in total. The van der Waals surface area contributed by atoms with Gasteiger partial charge in [-0.3, -0.25) is 0 Å². The molecule has 156 valence electrons. The van der Waals surface area contributed by atoms with Crippen molar-refractivity contribution in [3.05, 3.63) is 42.0 Å². The molecule has 1 fully saturated rings. The van der Waals surface area contributed by atoms with Crippen molar-refractivity contribution in [2.75, 3.05) is 26.3 Å². The Labute approximate surface area is 183 Å². The molecule has 2 aromatic heterocycles. The van der Waals surface area contributed by atoms with Gasteiger partial charge in [-0.1, -0.05) is 20.8 Å². The van der Waals surface area contributed by atoms with Crippen molar-refractivity contribution in [1.82, 2.24) is 15.6 Å². The molecule has 1 unspecified atom stereocenters. The molecule has 8 heteroatoms. The average molecular weight is 502 g/mol. The molecule has 2 aromatic rings. The summed E-state index contributed by atoms with van der Waals surface area (Å²) < 4.78 is 16.7. The van der Waals surface area contributed by atoms with Gasteiger partial charge in [0.25, 0.3) is 0 Å². The molecule has 0 aromatic carbocycles. The van der Waals surface area contributed by atoms with Crippen LogP contribution in [0.15, 0.2) is 38.4 Å². The molecular weight excluding hydrogens is 471 g/mol. The van der Waals surface area contributed by atoms with Gasteiger partial charge in [-0.2, -0.15) is 0 Å². The lowest BCUT2D eigenvalue weighted by Gasteiger charge is -2.15. The van der Waals surface area contributed by atoms with E-state index in [9.17, 15) is 0 Å². The largest absolute Gasteiger partial charge is 0.469 e. The Morgan fingerprint density at radius 3 is 2.82 bits per heavy atom. The van der Waals surface area contributed by atoms with Crippen molar-refractivity contribution in [3.63, 3.8) is 0 Å². The number of hydrogen-bond donors (Lipinski definition) is 2. The highest BCUT2D eigenvalue weighted by molar-refractivity contribution is 14.0. The topological polar surface area (TPSA) is 84.8 Å². The first kappa shape index (κ1) is 22.7. The van der Waals surface area contributed by atoms with Crippen molar-refractivity contribution in [2.24, 2.45) is 10.9 Å². The first-order chi connectivity index (χ1) is 13.0. The smallest absolute Gasteiger partial charge is 0.216 e. The molecule has 0 radical (unpaired) electrons. The second-order valence-electron chi connectivity index (χ2n) is 7.90. The van der Waals surface area contributed by atoms with Crippen LogP contribution < -0.4 is 10.6 Å². The highest BCUT2D eigenvalue weighted by atomic mass is 127. The second-order valence-corrected chi connectivity index (χ2v) is 7.90. The maximum absolute atomic E-state index is 5.83. The Morgan fingerprint density at radius 2 is 2.18 bits per heavy atom. The fourth-order valence-corrected chi connectivity index (χ4v) is 2.80. The average Bonchev–Trinajstić information content (AvgIpc) is 3.39. The Kier molecular flexibility index (Phi) is 8.81. The summed E-state index contributed by atoms with van der Waals surface area (Å²) in [7, 11) is 0. The molecule has 1 aliphatic heterocycles. The maximum atomic E-state index is 5.83. The fourth-order valence-electron chi connectivity index (χ4n) is 2.80. The van der Waals surface area contributed by atoms with Crippen LogP contribution >= 0.6 is 24.0 Å². The van der Waals surface area contributed by atoms with E-state index in [2.05, 4.69) is 41.4 Å². The van der Waals surface area contributed by atoms with Crippen LogP contribution in [0.25, 0.3) is 0 Å². The molecular formula is C20H31IN4O3. The van der Waals surface area contributed by atoms with E-state index in [1.807, 2.05) is 12.1 Å². The first-order valence-corrected chi connectivity index (χ1v) is 9.58. The van der Waals surface area contributed by atoms with Crippen LogP contribution in [-0.2, 0) is 23.1 Å². The minimum atomic E-state index is -0.0557. The van der Waals surface area contributed by atoms with E-state index in [0.717, 1.165) is 56.6 Å². The lowest BCUT2D eigenvalue weighted by Crippen LogP contribution is -2.40. The first-order valence-electron chi connectivity index (χ1n) is 9.58. The molecule has 1 atom stereocenters. The van der Waals surface area contributed by atoms with Gasteiger partial charge >= 0.3 is 0 Å². The number of halogens is 1. The van der Waals surface area contributed by atoms with E-state index in [0.29, 0.717) is 18.4 Å². The van der Waals surface area contributed by atoms with E-state index in [1.165, 1.54) is 0 Å². The van der Waals surface area contributed by atoms with Gasteiger partial charge in [0.15, 0.2) is 5.96 Å². The summed E-state index contributed by atoms with van der Waals surface area (Å²) in [6.45, 7) is 9.93. The third-order valence-corrected chi connectivity index (χ3v) is 4.49. The number of nitrogens with zero attached hydrogens (tertiary/aromatic N) is 2. The highest BCUT2D eigenvalue weighted by Gasteiger charge is 2.19. The van der Waals surface area contributed by atoms with Crippen LogP contribution in [0.1, 0.15) is 44.6 Å². The Bertz CT molecular complexity index is 716. The highest BCUT2D eigenvalue weighted by Crippen LogP contribution is 2.22. The Hall–Kier alpha value is -1.55. The maximum Gasteiger partial charge on any atom is 0.216 e. The van der Waals surface area contributed by atoms with Crippen molar-refractivity contribution in [2.45, 2.75) is 45.6 Å². The molecule has 0 amide bonds. The molecule has 0 bridgehead atoms. The van der Waals surface area contributed by atoms with Gasteiger partial charge in [-0.15, -0.1) is 24.0 Å². The van der Waals surface area contributed by atoms with Crippen molar-refractivity contribution in [1.29, 1.82) is 0 Å². The van der Waals surface area contributed by atoms with Gasteiger partial charge in [0, 0.05) is 37.5 Å². The molecule has 1 saturated heterocycles. The van der Waals surface area contributed by atoms with Gasteiger partial charge in [0.2, 0.25) is 5.89 Å². The number of nitrogens with one attached hydrogen (secondary N) is 2. The number of oxazole rings is 1. The van der Waals surface area contributed by atoms with Gasteiger partial charge in [-0.05, 0) is 18.6 Å². The predicted octanol–water partition coefficient (Wildman–Crippen LogP) is 3.50. The molecule has 28 heavy (non-hydrogen) atoms. The Morgan fingerprint density at radius 1 is 1.32 bits per heavy atom. The quantitative estimate of drug-likeness (QED) is 0.343. The number of furan rings is 1. The lowest BCUT2D eigenvalue weighted by molar-refractivity contribution is 0.186. The van der Waals surface area contributed by atoms with Gasteiger partial charge in [0.05, 0.1) is 19.1 Å². The monoisotopic (exact) mass is 502 g/mol. The zero-order valence-corrected chi connectivity index (χ0v) is 19.2. The van der Waals surface area contributed by atoms with Crippen LogP contribution in [0.5, 0.6) is 0 Å². The van der Waals surface area contributed by atoms with Gasteiger partial charge in [-0.25, -0.2) is 9.98 Å². The number of aromatic nitrogens is 1. The SMILES string of the molecule is CC(C)(C)c1cnc(CN=C(NCCc2ccco2)NCC2CCOC2)o1.I. The second kappa shape index (κ2) is 10.8. The number of guanidine groups is 1. The number of rotatable bonds is 7. The van der Waals surface area contributed by atoms with Crippen LogP contribution in [0.3, 0.4) is 0 Å². The summed E-state index contributed by atoms with van der Waals surface area (Å²) in [4.78, 5) is 8.98. The lowest BCUT2D eigenvalue weighted by atomic mass is 9.94. The molecule has 0 saturated carbocycles. The van der Waals surface area contributed by atoms with Crippen LogP contribution in [0, 0.1) is 5.92 Å². The number of aliphatic imine (C=N–C) groups is 1. The van der Waals surface area contributed by atoms with Crippen LogP contribution in [0.4, 0.5) is 0 Å². The molecule has 7 nitrogen and oxygen atoms in total. The molecule has 1 aliphatic rings. The summed E-state index contributed by atoms with van der Waals surface area (Å²) in [5.74, 6) is 3.72. The number of hydrogen-bond acceptors (Lipinski definition) is 5. The van der Waals surface area contributed by atoms with E-state index in [-0.39, 0.29) is 29.4 Å². The summed E-state index contributed by atoms with van der Waals surface area (Å²) in [6.07, 6.45) is 5.37. The molecule has 0 spiro atoms. The summed E-state index contributed by atoms with van der Waals surface area (Å²) in [6, 6.07) is 3.88. The Balaban J connectivity index is 0.00000280. The van der Waals surface area contributed by atoms with Crippen LogP contribution in [-0.4, -0.2) is 37.2 Å². The molecule has 3 heterocycles. The fraction of sp³-hybridized carbons (Fsp3) is 0.600. The zero-order chi connectivity index (χ0) is 19.1. The van der Waals surface area contributed by atoms with Gasteiger partial charge < -0.3 is 24.2 Å². The van der Waals surface area contributed by atoms with Crippen molar-refractivity contribution < 1.29 is 13.6 Å². The summed E-state index contributed by atoms with van der Waals surface area (Å²) in [5.41, 5.74) is -0.0557. The molecule has 3 rings (SSSR count). The predicted molar refractivity (Wildman–Crippen MR) is 119 cm³/mol. The molecule has 0 aliphatic carbocycles. The van der Waals surface area contributed by atoms with Gasteiger partial charge in [0.1, 0.15) is 18.1 Å². The third kappa shape index (κ3) is 7.12. The van der Waals surface area contributed by atoms with E-state index < -0.39 is 0 Å². The normalized spacial score (nSPS) is 17.4. The van der Waals surface area contributed by atoms with E-state index >= 15 is 0 Å². The van der Waals surface area contributed by atoms with E-state index in [1.54, 1.807) is 12.5 Å². The standard InChI is InChI=1S/C20H30N4O3.HI/c1-20(2,3)17-12-22-18(27-17)13-24-19(23-11-15-7-10-25-14-15)21-8-6-16-5-4-9-26-16;/h4-5,9,12,15H,6-8,10-11,13-14H2,1-3H3,(H2,21,23,24);1H. The third-order valence-electron chi connectivity index (χ3n) is 4.49. The zero-order valence-electron chi connectivity index (χ0n) is 16.9. The van der Waals surface area contributed by atoms with E-state index in [4.69, 9.17) is 13.6 Å². The number of ether oxygens (including phenoxy) is 1. The van der Waals surface area contributed by atoms with Crippen molar-refractivity contribution in [3.8, 4) is 0 Å². The minimum Gasteiger partial charge on any atom is -0.469 e. The van der Waals surface area contributed by atoms with Crippen molar-refractivity contribution >= 4 is 29.9 Å². The summed E-state index contributed by atoms with van der Waals surface area (Å²) in [5, 5.41) is 6.77. The minimum absolute atomic E-state index is 0. The van der Waals surface area contributed by atoms with Crippen LogP contribution in [0.2, 0.25) is 0 Å². The summed E-state index contributed by atoms with van der Waals surface area (Å²) >= 11 is 0.